The number of fused-ring (bicyclic) bond motifs is 1. The van der Waals surface area contributed by atoms with Crippen LogP contribution in [-0.2, 0) is 0 Å². The maximum Gasteiger partial charge on any atom is 0.150 e. The average molecular weight is 334 g/mol. The molecule has 6 heteroatoms. The second-order valence-electron chi connectivity index (χ2n) is 4.97. The number of ether oxygens (including phenoxy) is 1. The van der Waals surface area contributed by atoms with Gasteiger partial charge < -0.3 is 15.8 Å². The van der Waals surface area contributed by atoms with Gasteiger partial charge >= 0.3 is 0 Å². The minimum absolute atomic E-state index is 0.107. The van der Waals surface area contributed by atoms with Crippen molar-refractivity contribution in [3.63, 3.8) is 0 Å². The fraction of sp³-hybridized carbons (Fsp3) is 0.188. The van der Waals surface area contributed by atoms with Gasteiger partial charge in [0, 0.05) is 17.7 Å². The van der Waals surface area contributed by atoms with Crippen molar-refractivity contribution >= 4 is 28.9 Å². The number of benzene rings is 2. The smallest absolute Gasteiger partial charge is 0.150 e. The summed E-state index contributed by atoms with van der Waals surface area (Å²) < 4.78 is 5.96. The maximum absolute atomic E-state index is 8.99. The van der Waals surface area contributed by atoms with Gasteiger partial charge in [0.1, 0.15) is 6.10 Å². The van der Waals surface area contributed by atoms with Crippen molar-refractivity contribution in [2.45, 2.75) is 6.10 Å². The zero-order chi connectivity index (χ0) is 15.7. The molecule has 4 nitrogen and oxygen atoms in total. The number of rotatable bonds is 2. The summed E-state index contributed by atoms with van der Waals surface area (Å²) in [5.74, 6) is 0.678. The van der Waals surface area contributed by atoms with Crippen molar-refractivity contribution in [1.29, 1.82) is 5.26 Å². The van der Waals surface area contributed by atoms with Crippen LogP contribution in [0.5, 0.6) is 5.75 Å². The first-order chi connectivity index (χ1) is 10.6. The van der Waals surface area contributed by atoms with Crippen LogP contribution < -0.4 is 15.8 Å². The molecule has 0 amide bonds. The summed E-state index contributed by atoms with van der Waals surface area (Å²) in [7, 11) is 0. The van der Waals surface area contributed by atoms with E-state index in [-0.39, 0.29) is 6.10 Å². The Balaban J connectivity index is 2.17. The van der Waals surface area contributed by atoms with Crippen molar-refractivity contribution in [2.24, 2.45) is 5.73 Å². The Kier molecular flexibility index (Phi) is 4.12. The fourth-order valence-electron chi connectivity index (χ4n) is 2.46. The monoisotopic (exact) mass is 333 g/mol. The van der Waals surface area contributed by atoms with E-state index in [1.165, 1.54) is 0 Å². The molecule has 0 radical (unpaired) electrons. The summed E-state index contributed by atoms with van der Waals surface area (Å²) in [6.07, 6.45) is -0.107. The number of anilines is 1. The summed E-state index contributed by atoms with van der Waals surface area (Å²) in [5.41, 5.74) is 8.42. The zero-order valence-corrected chi connectivity index (χ0v) is 13.1. The Labute approximate surface area is 138 Å². The predicted molar refractivity (Wildman–Crippen MR) is 88.6 cm³/mol. The summed E-state index contributed by atoms with van der Waals surface area (Å²) in [6.45, 7) is 1.07. The second-order valence-corrected chi connectivity index (χ2v) is 5.78. The molecule has 0 bridgehead atoms. The van der Waals surface area contributed by atoms with E-state index in [1.807, 2.05) is 24.3 Å². The van der Waals surface area contributed by atoms with Crippen LogP contribution in [0.15, 0.2) is 30.3 Å². The van der Waals surface area contributed by atoms with Gasteiger partial charge in [-0.25, -0.2) is 0 Å². The van der Waals surface area contributed by atoms with Crippen LogP contribution in [0.1, 0.15) is 5.56 Å². The Bertz CT molecular complexity index is 747. The highest BCUT2D eigenvalue weighted by molar-refractivity contribution is 6.39. The van der Waals surface area contributed by atoms with E-state index >= 15 is 0 Å². The van der Waals surface area contributed by atoms with Crippen molar-refractivity contribution in [1.82, 2.24) is 0 Å². The van der Waals surface area contributed by atoms with Gasteiger partial charge in [-0.05, 0) is 18.2 Å². The van der Waals surface area contributed by atoms with E-state index in [1.54, 1.807) is 12.1 Å². The SMILES string of the molecule is N#Cc1cc(Cl)c(-c2cccc3c2O[C@@H](CN)CN3)c(Cl)c1. The molecule has 0 unspecified atom stereocenters. The number of hydrogen-bond acceptors (Lipinski definition) is 4. The van der Waals surface area contributed by atoms with E-state index in [9.17, 15) is 0 Å². The third-order valence-electron chi connectivity index (χ3n) is 3.52. The van der Waals surface area contributed by atoms with Crippen molar-refractivity contribution in [2.75, 3.05) is 18.4 Å². The Morgan fingerprint density at radius 2 is 2.05 bits per heavy atom. The van der Waals surface area contributed by atoms with Crippen LogP contribution in [-0.4, -0.2) is 19.2 Å². The van der Waals surface area contributed by atoms with Gasteiger partial charge in [0.2, 0.25) is 0 Å². The lowest BCUT2D eigenvalue weighted by atomic mass is 10.0. The van der Waals surface area contributed by atoms with E-state index in [2.05, 4.69) is 5.32 Å². The first-order valence-corrected chi connectivity index (χ1v) is 7.52. The molecule has 22 heavy (non-hydrogen) atoms. The largest absolute Gasteiger partial charge is 0.484 e. The first-order valence-electron chi connectivity index (χ1n) is 6.77. The van der Waals surface area contributed by atoms with E-state index < -0.39 is 0 Å². The molecule has 2 aromatic carbocycles. The fourth-order valence-corrected chi connectivity index (χ4v) is 3.15. The number of nitrogens with two attached hydrogens (primary N) is 1. The molecule has 3 rings (SSSR count). The molecular formula is C16H13Cl2N3O. The predicted octanol–water partition coefficient (Wildman–Crippen LogP) is 3.66. The third-order valence-corrected chi connectivity index (χ3v) is 4.12. The van der Waals surface area contributed by atoms with Crippen LogP contribution in [0.3, 0.4) is 0 Å². The molecule has 0 fully saturated rings. The molecule has 1 atom stereocenters. The number of nitrogens with zero attached hydrogens (tertiary/aromatic N) is 1. The van der Waals surface area contributed by atoms with Gasteiger partial charge in [-0.15, -0.1) is 0 Å². The van der Waals surface area contributed by atoms with Gasteiger partial charge in [0.05, 0.1) is 33.9 Å². The first kappa shape index (κ1) is 15.0. The molecule has 0 spiro atoms. The normalized spacial score (nSPS) is 16.2. The molecule has 1 aliphatic rings. The molecule has 2 aromatic rings. The second kappa shape index (κ2) is 6.05. The van der Waals surface area contributed by atoms with Crippen LogP contribution in [0.25, 0.3) is 11.1 Å². The lowest BCUT2D eigenvalue weighted by molar-refractivity contribution is 0.215. The van der Waals surface area contributed by atoms with Crippen molar-refractivity contribution < 1.29 is 4.74 Å². The van der Waals surface area contributed by atoms with Crippen LogP contribution >= 0.6 is 23.2 Å². The van der Waals surface area contributed by atoms with Crippen molar-refractivity contribution in [3.8, 4) is 22.9 Å². The Hall–Kier alpha value is -1.93. The summed E-state index contributed by atoms with van der Waals surface area (Å²) in [5, 5.41) is 13.1. The summed E-state index contributed by atoms with van der Waals surface area (Å²) >= 11 is 12.6. The van der Waals surface area contributed by atoms with Crippen molar-refractivity contribution in [3.05, 3.63) is 45.9 Å². The minimum atomic E-state index is -0.107. The van der Waals surface area contributed by atoms with E-state index in [4.69, 9.17) is 38.9 Å². The number of nitrogens with one attached hydrogen (secondary N) is 1. The minimum Gasteiger partial charge on any atom is -0.484 e. The molecule has 0 aromatic heterocycles. The number of halogens is 2. The van der Waals surface area contributed by atoms with Gasteiger partial charge in [0.25, 0.3) is 0 Å². The van der Waals surface area contributed by atoms with Crippen LogP contribution in [0, 0.1) is 11.3 Å². The summed E-state index contributed by atoms with van der Waals surface area (Å²) in [6, 6.07) is 10.9. The zero-order valence-electron chi connectivity index (χ0n) is 11.6. The van der Waals surface area contributed by atoms with E-state index in [0.29, 0.717) is 40.0 Å². The molecule has 112 valence electrons. The summed E-state index contributed by atoms with van der Waals surface area (Å²) in [4.78, 5) is 0. The third kappa shape index (κ3) is 2.59. The van der Waals surface area contributed by atoms with Gasteiger partial charge in [-0.3, -0.25) is 0 Å². The molecule has 3 N–H and O–H groups in total. The highest BCUT2D eigenvalue weighted by Crippen LogP contribution is 2.44. The maximum atomic E-state index is 8.99. The van der Waals surface area contributed by atoms with Gasteiger partial charge in [-0.1, -0.05) is 35.3 Å². The van der Waals surface area contributed by atoms with Crippen LogP contribution in [0.4, 0.5) is 5.69 Å². The standard InChI is InChI=1S/C16H13Cl2N3O/c17-12-4-9(6-19)5-13(18)15(12)11-2-1-3-14-16(11)22-10(7-20)8-21-14/h1-5,10,21H,7-8,20H2/t10-/m0/s1. The molecule has 1 heterocycles. The molecule has 0 saturated carbocycles. The van der Waals surface area contributed by atoms with Gasteiger partial charge in [-0.2, -0.15) is 5.26 Å². The highest BCUT2D eigenvalue weighted by atomic mass is 35.5. The molecular weight excluding hydrogens is 321 g/mol. The number of hydrogen-bond donors (Lipinski definition) is 2. The number of nitriles is 1. The number of para-hydroxylation sites is 1. The quantitative estimate of drug-likeness (QED) is 0.879. The molecule has 0 aliphatic carbocycles. The Morgan fingerprint density at radius 1 is 1.32 bits per heavy atom. The molecule has 1 aliphatic heterocycles. The van der Waals surface area contributed by atoms with Crippen LogP contribution in [0.2, 0.25) is 10.0 Å². The molecule has 0 saturated heterocycles. The topological polar surface area (TPSA) is 71.1 Å². The Morgan fingerprint density at radius 3 is 2.68 bits per heavy atom. The van der Waals surface area contributed by atoms with Gasteiger partial charge in [0.15, 0.2) is 5.75 Å². The van der Waals surface area contributed by atoms with E-state index in [0.717, 1.165) is 11.3 Å². The average Bonchev–Trinajstić information content (AvgIpc) is 2.53. The lowest BCUT2D eigenvalue weighted by Crippen LogP contribution is -2.37. The lowest BCUT2D eigenvalue weighted by Gasteiger charge is -2.28. The highest BCUT2D eigenvalue weighted by Gasteiger charge is 2.23.